The molecule has 0 aliphatic heterocycles. The van der Waals surface area contributed by atoms with Crippen LogP contribution < -0.4 is 5.32 Å². The minimum Gasteiger partial charge on any atom is -0.383 e. The standard InChI is InChI=1S/C16H24N2O3/c1-12-5-6-13(2)15(11-12)17-16(20)7-8-18(14(3)19)9-10-21-4/h5-6,11H,7-10H2,1-4H3,(H,17,20). The predicted molar refractivity (Wildman–Crippen MR) is 83.3 cm³/mol. The molecule has 0 saturated heterocycles. The number of hydrogen-bond acceptors (Lipinski definition) is 3. The number of rotatable bonds is 7. The molecule has 1 aromatic rings. The minimum atomic E-state index is -0.0904. The molecule has 0 heterocycles. The van der Waals surface area contributed by atoms with Crippen molar-refractivity contribution in [3.8, 4) is 0 Å². The van der Waals surface area contributed by atoms with Gasteiger partial charge < -0.3 is 15.0 Å². The molecule has 0 saturated carbocycles. The van der Waals surface area contributed by atoms with Crippen LogP contribution in [0.1, 0.15) is 24.5 Å². The highest BCUT2D eigenvalue weighted by Gasteiger charge is 2.11. The normalized spacial score (nSPS) is 10.3. The first kappa shape index (κ1) is 17.2. The molecular formula is C16H24N2O3. The van der Waals surface area contributed by atoms with E-state index in [9.17, 15) is 9.59 Å². The molecule has 1 rings (SSSR count). The van der Waals surface area contributed by atoms with Crippen molar-refractivity contribution >= 4 is 17.5 Å². The third-order valence-corrected chi connectivity index (χ3v) is 3.29. The van der Waals surface area contributed by atoms with E-state index >= 15 is 0 Å². The Morgan fingerprint density at radius 3 is 2.57 bits per heavy atom. The lowest BCUT2D eigenvalue weighted by atomic mass is 10.1. The fourth-order valence-corrected chi connectivity index (χ4v) is 1.95. The van der Waals surface area contributed by atoms with Gasteiger partial charge in [-0.2, -0.15) is 0 Å². The van der Waals surface area contributed by atoms with Gasteiger partial charge in [0.1, 0.15) is 0 Å². The summed E-state index contributed by atoms with van der Waals surface area (Å²) in [7, 11) is 1.59. The smallest absolute Gasteiger partial charge is 0.226 e. The minimum absolute atomic E-state index is 0.0495. The molecule has 0 bridgehead atoms. The average Bonchev–Trinajstić information content (AvgIpc) is 2.42. The molecule has 0 aromatic heterocycles. The number of nitrogens with one attached hydrogen (secondary N) is 1. The second kappa shape index (κ2) is 8.42. The van der Waals surface area contributed by atoms with Gasteiger partial charge in [0, 0.05) is 39.2 Å². The van der Waals surface area contributed by atoms with E-state index in [2.05, 4.69) is 5.32 Å². The molecule has 116 valence electrons. The maximum atomic E-state index is 12.0. The zero-order valence-electron chi connectivity index (χ0n) is 13.2. The third-order valence-electron chi connectivity index (χ3n) is 3.29. The van der Waals surface area contributed by atoms with Gasteiger partial charge in [-0.25, -0.2) is 0 Å². The third kappa shape index (κ3) is 5.95. The lowest BCUT2D eigenvalue weighted by Gasteiger charge is -2.20. The number of carbonyl (C=O) groups excluding carboxylic acids is 2. The van der Waals surface area contributed by atoms with Crippen molar-refractivity contribution < 1.29 is 14.3 Å². The van der Waals surface area contributed by atoms with Crippen LogP contribution in [0.25, 0.3) is 0 Å². The highest BCUT2D eigenvalue weighted by molar-refractivity contribution is 5.92. The van der Waals surface area contributed by atoms with Gasteiger partial charge in [0.15, 0.2) is 0 Å². The molecule has 0 aliphatic carbocycles. The number of ether oxygens (including phenoxy) is 1. The molecule has 1 aromatic carbocycles. The average molecular weight is 292 g/mol. The number of methoxy groups -OCH3 is 1. The monoisotopic (exact) mass is 292 g/mol. The van der Waals surface area contributed by atoms with E-state index in [1.54, 1.807) is 12.0 Å². The van der Waals surface area contributed by atoms with E-state index in [1.807, 2.05) is 32.0 Å². The summed E-state index contributed by atoms with van der Waals surface area (Å²) in [4.78, 5) is 25.1. The Labute approximate surface area is 126 Å². The summed E-state index contributed by atoms with van der Waals surface area (Å²) in [5, 5.41) is 2.89. The van der Waals surface area contributed by atoms with Crippen molar-refractivity contribution in [1.82, 2.24) is 4.90 Å². The molecule has 1 N–H and O–H groups in total. The van der Waals surface area contributed by atoms with Crippen molar-refractivity contribution in [3.63, 3.8) is 0 Å². The van der Waals surface area contributed by atoms with Gasteiger partial charge in [-0.3, -0.25) is 9.59 Å². The summed E-state index contributed by atoms with van der Waals surface area (Å²) in [6.45, 7) is 6.81. The summed E-state index contributed by atoms with van der Waals surface area (Å²) in [5.74, 6) is -0.140. The Morgan fingerprint density at radius 2 is 1.95 bits per heavy atom. The van der Waals surface area contributed by atoms with Crippen molar-refractivity contribution in [2.75, 3.05) is 32.1 Å². The Balaban J connectivity index is 2.52. The number of amides is 2. The van der Waals surface area contributed by atoms with Gasteiger partial charge >= 0.3 is 0 Å². The Morgan fingerprint density at radius 1 is 1.24 bits per heavy atom. The Bertz CT molecular complexity index is 500. The van der Waals surface area contributed by atoms with Crippen molar-refractivity contribution in [3.05, 3.63) is 29.3 Å². The maximum absolute atomic E-state index is 12.0. The summed E-state index contributed by atoms with van der Waals surface area (Å²) in [6, 6.07) is 5.93. The lowest BCUT2D eigenvalue weighted by molar-refractivity contribution is -0.130. The summed E-state index contributed by atoms with van der Waals surface area (Å²) in [6.07, 6.45) is 0.274. The molecule has 2 amide bonds. The number of benzene rings is 1. The van der Waals surface area contributed by atoms with Crippen LogP contribution >= 0.6 is 0 Å². The molecule has 5 nitrogen and oxygen atoms in total. The molecule has 0 unspecified atom stereocenters. The topological polar surface area (TPSA) is 58.6 Å². The predicted octanol–water partition coefficient (Wildman–Crippen LogP) is 2.13. The first-order valence-electron chi connectivity index (χ1n) is 7.05. The van der Waals surface area contributed by atoms with Gasteiger partial charge in [0.25, 0.3) is 0 Å². The summed E-state index contributed by atoms with van der Waals surface area (Å²) in [5.41, 5.74) is 2.95. The van der Waals surface area contributed by atoms with E-state index in [0.29, 0.717) is 19.7 Å². The highest BCUT2D eigenvalue weighted by Crippen LogP contribution is 2.16. The lowest BCUT2D eigenvalue weighted by Crippen LogP contribution is -2.34. The van der Waals surface area contributed by atoms with E-state index in [1.165, 1.54) is 6.92 Å². The molecule has 0 aliphatic rings. The van der Waals surface area contributed by atoms with Crippen LogP contribution in [0.4, 0.5) is 5.69 Å². The fraction of sp³-hybridized carbons (Fsp3) is 0.500. The zero-order chi connectivity index (χ0) is 15.8. The van der Waals surface area contributed by atoms with Crippen LogP contribution in [0.2, 0.25) is 0 Å². The Kier molecular flexibility index (Phi) is 6.88. The van der Waals surface area contributed by atoms with Gasteiger partial charge in [0.05, 0.1) is 6.61 Å². The van der Waals surface area contributed by atoms with E-state index in [4.69, 9.17) is 4.74 Å². The van der Waals surface area contributed by atoms with Gasteiger partial charge in [-0.05, 0) is 31.0 Å². The van der Waals surface area contributed by atoms with E-state index in [0.717, 1.165) is 16.8 Å². The zero-order valence-corrected chi connectivity index (χ0v) is 13.2. The largest absolute Gasteiger partial charge is 0.383 e. The maximum Gasteiger partial charge on any atom is 0.226 e. The van der Waals surface area contributed by atoms with E-state index < -0.39 is 0 Å². The molecule has 21 heavy (non-hydrogen) atoms. The van der Waals surface area contributed by atoms with E-state index in [-0.39, 0.29) is 18.2 Å². The highest BCUT2D eigenvalue weighted by atomic mass is 16.5. The molecule has 5 heteroatoms. The molecular weight excluding hydrogens is 268 g/mol. The molecule has 0 fully saturated rings. The van der Waals surface area contributed by atoms with Crippen LogP contribution in [0.15, 0.2) is 18.2 Å². The first-order chi connectivity index (χ1) is 9.93. The molecule has 0 radical (unpaired) electrons. The van der Waals surface area contributed by atoms with Gasteiger partial charge in [-0.15, -0.1) is 0 Å². The number of hydrogen-bond donors (Lipinski definition) is 1. The number of anilines is 1. The number of aryl methyl sites for hydroxylation is 2. The fourth-order valence-electron chi connectivity index (χ4n) is 1.95. The van der Waals surface area contributed by atoms with Crippen LogP contribution in [0.3, 0.4) is 0 Å². The second-order valence-corrected chi connectivity index (χ2v) is 5.12. The van der Waals surface area contributed by atoms with Crippen LogP contribution in [0, 0.1) is 13.8 Å². The molecule has 0 atom stereocenters. The first-order valence-corrected chi connectivity index (χ1v) is 7.05. The summed E-state index contributed by atoms with van der Waals surface area (Å²) >= 11 is 0. The van der Waals surface area contributed by atoms with Crippen LogP contribution in [-0.2, 0) is 14.3 Å². The van der Waals surface area contributed by atoms with Gasteiger partial charge in [-0.1, -0.05) is 12.1 Å². The number of nitrogens with zero attached hydrogens (tertiary/aromatic N) is 1. The van der Waals surface area contributed by atoms with Gasteiger partial charge in [0.2, 0.25) is 11.8 Å². The van der Waals surface area contributed by atoms with Crippen LogP contribution in [0.5, 0.6) is 0 Å². The SMILES string of the molecule is COCCN(CCC(=O)Nc1cc(C)ccc1C)C(C)=O. The van der Waals surface area contributed by atoms with Crippen LogP contribution in [-0.4, -0.2) is 43.5 Å². The van der Waals surface area contributed by atoms with Crippen molar-refractivity contribution in [1.29, 1.82) is 0 Å². The Hall–Kier alpha value is -1.88. The summed E-state index contributed by atoms with van der Waals surface area (Å²) < 4.78 is 4.96. The molecule has 0 spiro atoms. The second-order valence-electron chi connectivity index (χ2n) is 5.12. The van der Waals surface area contributed by atoms with Crippen molar-refractivity contribution in [2.45, 2.75) is 27.2 Å². The quantitative estimate of drug-likeness (QED) is 0.837. The van der Waals surface area contributed by atoms with Crippen molar-refractivity contribution in [2.24, 2.45) is 0 Å². The number of carbonyl (C=O) groups is 2.